The smallest absolute Gasteiger partial charge is 0.297 e. The first-order valence-corrected chi connectivity index (χ1v) is 13.4. The molecule has 8 heteroatoms. The molecule has 1 fully saturated rings. The number of hydrogen-bond donors (Lipinski definition) is 0. The predicted molar refractivity (Wildman–Crippen MR) is 133 cm³/mol. The number of oxazole rings is 1. The molecule has 4 rings (SSSR count). The van der Waals surface area contributed by atoms with Crippen molar-refractivity contribution in [2.24, 2.45) is 0 Å². The van der Waals surface area contributed by atoms with Crippen molar-refractivity contribution in [3.63, 3.8) is 0 Å². The van der Waals surface area contributed by atoms with Gasteiger partial charge in [-0.05, 0) is 70.7 Å². The average molecular weight is 500 g/mol. The van der Waals surface area contributed by atoms with Crippen LogP contribution < -0.4 is 0 Å². The van der Waals surface area contributed by atoms with Gasteiger partial charge in [-0.25, -0.2) is 4.98 Å². The Hall–Kier alpha value is -2.52. The summed E-state index contributed by atoms with van der Waals surface area (Å²) in [4.78, 5) is 4.80. The van der Waals surface area contributed by atoms with Crippen molar-refractivity contribution >= 4 is 10.1 Å². The van der Waals surface area contributed by atoms with E-state index in [2.05, 4.69) is 11.1 Å². The molecule has 0 saturated heterocycles. The SMILES string of the molecule is Cc1ccc(S(=O)(=O)OCCO[C@@H]2CCC[C@H](OCc3nc(-c4cccc(C)c4)oc3C)C2)cc1. The molecule has 1 saturated carbocycles. The van der Waals surface area contributed by atoms with Crippen LogP contribution in [0.3, 0.4) is 0 Å². The van der Waals surface area contributed by atoms with Crippen LogP contribution in [0.1, 0.15) is 48.3 Å². The molecule has 0 amide bonds. The minimum atomic E-state index is -3.78. The predicted octanol–water partition coefficient (Wildman–Crippen LogP) is 5.52. The minimum Gasteiger partial charge on any atom is -0.441 e. The van der Waals surface area contributed by atoms with Gasteiger partial charge in [0.05, 0.1) is 36.9 Å². The molecule has 2 atom stereocenters. The lowest BCUT2D eigenvalue weighted by Crippen LogP contribution is -2.29. The summed E-state index contributed by atoms with van der Waals surface area (Å²) in [6.07, 6.45) is 3.70. The van der Waals surface area contributed by atoms with E-state index in [1.165, 1.54) is 0 Å². The second-order valence-corrected chi connectivity index (χ2v) is 10.7. The molecule has 3 aromatic rings. The highest BCUT2D eigenvalue weighted by molar-refractivity contribution is 7.86. The van der Waals surface area contributed by atoms with Gasteiger partial charge in [0.2, 0.25) is 5.89 Å². The van der Waals surface area contributed by atoms with Gasteiger partial charge in [-0.2, -0.15) is 8.42 Å². The normalized spacial score (nSPS) is 18.6. The largest absolute Gasteiger partial charge is 0.441 e. The zero-order valence-corrected chi connectivity index (χ0v) is 21.3. The highest BCUT2D eigenvalue weighted by Crippen LogP contribution is 2.27. The number of ether oxygens (including phenoxy) is 2. The Morgan fingerprint density at radius 3 is 2.43 bits per heavy atom. The van der Waals surface area contributed by atoms with Gasteiger partial charge in [-0.1, -0.05) is 35.4 Å². The molecule has 1 aromatic heterocycles. The molecule has 35 heavy (non-hydrogen) atoms. The third kappa shape index (κ3) is 7.01. The van der Waals surface area contributed by atoms with E-state index >= 15 is 0 Å². The lowest BCUT2D eigenvalue weighted by Gasteiger charge is -2.29. The fraction of sp³-hybridized carbons (Fsp3) is 0.444. The maximum atomic E-state index is 12.3. The van der Waals surface area contributed by atoms with Gasteiger partial charge in [-0.15, -0.1) is 0 Å². The van der Waals surface area contributed by atoms with Crippen LogP contribution in [-0.2, 0) is 30.4 Å². The Balaban J connectivity index is 1.22. The lowest BCUT2D eigenvalue weighted by molar-refractivity contribution is -0.0553. The zero-order valence-electron chi connectivity index (χ0n) is 20.5. The quantitative estimate of drug-likeness (QED) is 0.268. The molecule has 0 N–H and O–H groups in total. The molecule has 2 aromatic carbocycles. The molecule has 1 aliphatic carbocycles. The summed E-state index contributed by atoms with van der Waals surface area (Å²) in [5.74, 6) is 1.37. The number of nitrogens with zero attached hydrogens (tertiary/aromatic N) is 1. The van der Waals surface area contributed by atoms with E-state index in [9.17, 15) is 8.42 Å². The summed E-state index contributed by atoms with van der Waals surface area (Å²) in [5.41, 5.74) is 3.91. The molecule has 0 aliphatic heterocycles. The van der Waals surface area contributed by atoms with Crippen molar-refractivity contribution in [2.75, 3.05) is 13.2 Å². The number of aryl methyl sites for hydroxylation is 3. The molecule has 1 aliphatic rings. The van der Waals surface area contributed by atoms with Gasteiger partial charge in [0, 0.05) is 5.56 Å². The minimum absolute atomic E-state index is 0.0145. The first-order valence-electron chi connectivity index (χ1n) is 12.0. The van der Waals surface area contributed by atoms with Crippen LogP contribution in [0.5, 0.6) is 0 Å². The average Bonchev–Trinajstić information content (AvgIpc) is 3.22. The van der Waals surface area contributed by atoms with Crippen molar-refractivity contribution in [2.45, 2.75) is 70.2 Å². The van der Waals surface area contributed by atoms with E-state index in [4.69, 9.17) is 18.1 Å². The van der Waals surface area contributed by atoms with E-state index in [0.29, 0.717) is 12.5 Å². The Bertz CT molecular complexity index is 1220. The molecule has 0 bridgehead atoms. The van der Waals surface area contributed by atoms with Gasteiger partial charge in [0.15, 0.2) is 0 Å². The third-order valence-corrected chi connectivity index (χ3v) is 7.50. The van der Waals surface area contributed by atoms with Crippen LogP contribution in [0.25, 0.3) is 11.5 Å². The first-order chi connectivity index (χ1) is 16.8. The van der Waals surface area contributed by atoms with Crippen LogP contribution in [0.15, 0.2) is 57.8 Å². The first kappa shape index (κ1) is 25.6. The van der Waals surface area contributed by atoms with Gasteiger partial charge < -0.3 is 13.9 Å². The fourth-order valence-electron chi connectivity index (χ4n) is 4.20. The van der Waals surface area contributed by atoms with E-state index < -0.39 is 10.1 Å². The maximum absolute atomic E-state index is 12.3. The van der Waals surface area contributed by atoms with Gasteiger partial charge in [0.25, 0.3) is 10.1 Å². The van der Waals surface area contributed by atoms with E-state index in [0.717, 1.165) is 53.8 Å². The molecular weight excluding hydrogens is 466 g/mol. The highest BCUT2D eigenvalue weighted by Gasteiger charge is 2.24. The monoisotopic (exact) mass is 499 g/mol. The van der Waals surface area contributed by atoms with Gasteiger partial charge in [0.1, 0.15) is 11.5 Å². The Kier molecular flexibility index (Phi) is 8.38. The Labute approximate surface area is 207 Å². The number of rotatable bonds is 10. The van der Waals surface area contributed by atoms with E-state index in [1.54, 1.807) is 24.3 Å². The van der Waals surface area contributed by atoms with Crippen molar-refractivity contribution < 1.29 is 26.5 Å². The lowest BCUT2D eigenvalue weighted by atomic mass is 9.95. The second-order valence-electron chi connectivity index (χ2n) is 9.07. The highest BCUT2D eigenvalue weighted by atomic mass is 32.2. The molecule has 188 valence electrons. The summed E-state index contributed by atoms with van der Waals surface area (Å²) >= 11 is 0. The molecule has 1 heterocycles. The van der Waals surface area contributed by atoms with E-state index in [1.807, 2.05) is 39.0 Å². The third-order valence-electron chi connectivity index (χ3n) is 6.18. The Morgan fingerprint density at radius 2 is 1.69 bits per heavy atom. The van der Waals surface area contributed by atoms with Gasteiger partial charge >= 0.3 is 0 Å². The second kappa shape index (κ2) is 11.5. The van der Waals surface area contributed by atoms with Crippen LogP contribution in [0, 0.1) is 20.8 Å². The Morgan fingerprint density at radius 1 is 0.943 bits per heavy atom. The summed E-state index contributed by atoms with van der Waals surface area (Å²) in [7, 11) is -3.78. The van der Waals surface area contributed by atoms with Crippen molar-refractivity contribution in [3.8, 4) is 11.5 Å². The summed E-state index contributed by atoms with van der Waals surface area (Å²) in [6, 6.07) is 14.7. The number of aromatic nitrogens is 1. The number of hydrogen-bond acceptors (Lipinski definition) is 7. The van der Waals surface area contributed by atoms with Crippen molar-refractivity contribution in [3.05, 3.63) is 71.1 Å². The summed E-state index contributed by atoms with van der Waals surface area (Å²) < 4.78 is 47.6. The molecule has 0 unspecified atom stereocenters. The molecule has 0 radical (unpaired) electrons. The summed E-state index contributed by atoms with van der Waals surface area (Å²) in [6.45, 7) is 6.43. The fourth-order valence-corrected chi connectivity index (χ4v) is 5.09. The molecule has 7 nitrogen and oxygen atoms in total. The maximum Gasteiger partial charge on any atom is 0.297 e. The zero-order chi connectivity index (χ0) is 24.8. The standard InChI is InChI=1S/C27H33NO6S/c1-19-10-12-25(13-11-19)35(29,30)33-15-14-31-23-8-5-9-24(17-23)32-18-26-21(3)34-27(28-26)22-7-4-6-20(2)16-22/h4,6-7,10-13,16,23-24H,5,8-9,14-15,17-18H2,1-3H3/t23-,24+/m1/s1. The summed E-state index contributed by atoms with van der Waals surface area (Å²) in [5, 5.41) is 0. The topological polar surface area (TPSA) is 87.9 Å². The van der Waals surface area contributed by atoms with Crippen LogP contribution in [-0.4, -0.2) is 38.8 Å². The van der Waals surface area contributed by atoms with Gasteiger partial charge in [-0.3, -0.25) is 4.18 Å². The van der Waals surface area contributed by atoms with E-state index in [-0.39, 0.29) is 30.3 Å². The van der Waals surface area contributed by atoms with Crippen molar-refractivity contribution in [1.82, 2.24) is 4.98 Å². The number of benzene rings is 2. The van der Waals surface area contributed by atoms with Crippen LogP contribution >= 0.6 is 0 Å². The van der Waals surface area contributed by atoms with Crippen molar-refractivity contribution in [1.29, 1.82) is 0 Å². The van der Waals surface area contributed by atoms with Crippen LogP contribution in [0.4, 0.5) is 0 Å². The molecular formula is C27H33NO6S. The molecule has 0 spiro atoms. The van der Waals surface area contributed by atoms with Crippen LogP contribution in [0.2, 0.25) is 0 Å².